The Kier molecular flexibility index (Phi) is 3.74. The molecule has 90 valence electrons. The monoisotopic (exact) mass is 243 g/mol. The highest BCUT2D eigenvalue weighted by atomic mass is 32.2. The van der Waals surface area contributed by atoms with E-state index < -0.39 is 5.97 Å². The van der Waals surface area contributed by atoms with Crippen LogP contribution in [-0.2, 0) is 9.59 Å². The highest BCUT2D eigenvalue weighted by Crippen LogP contribution is 2.29. The topological polar surface area (TPSA) is 66.4 Å². The van der Waals surface area contributed by atoms with Crippen LogP contribution >= 0.6 is 11.8 Å². The molecule has 5 heteroatoms. The van der Waals surface area contributed by atoms with Gasteiger partial charge in [0.15, 0.2) is 0 Å². The second-order valence-corrected chi connectivity index (χ2v) is 5.82. The number of carboxylic acid groups (broad SMARTS) is 1. The Bertz CT molecular complexity index is 283. The van der Waals surface area contributed by atoms with Crippen LogP contribution in [0.25, 0.3) is 0 Å². The minimum absolute atomic E-state index is 0.100. The Balaban J connectivity index is 1.70. The average Bonchev–Trinajstić information content (AvgIpc) is 2.23. The number of thioether (sulfide) groups is 1. The summed E-state index contributed by atoms with van der Waals surface area (Å²) in [4.78, 5) is 22.4. The molecule has 2 fully saturated rings. The number of hydrogen-bond donors (Lipinski definition) is 2. The molecular formula is C11H17NO3S. The first kappa shape index (κ1) is 11.8. The molecule has 0 spiro atoms. The van der Waals surface area contributed by atoms with Crippen molar-refractivity contribution in [1.29, 1.82) is 0 Å². The van der Waals surface area contributed by atoms with E-state index in [1.165, 1.54) is 0 Å². The maximum Gasteiger partial charge on any atom is 0.306 e. The average molecular weight is 243 g/mol. The third-order valence-corrected chi connectivity index (χ3v) is 4.47. The maximum atomic E-state index is 11.8. The molecule has 0 aromatic heterocycles. The zero-order chi connectivity index (χ0) is 11.5. The van der Waals surface area contributed by atoms with Crippen molar-refractivity contribution in [2.24, 2.45) is 11.8 Å². The molecule has 0 unspecified atom stereocenters. The fraction of sp³-hybridized carbons (Fsp3) is 0.818. The van der Waals surface area contributed by atoms with Crippen molar-refractivity contribution in [1.82, 2.24) is 5.32 Å². The van der Waals surface area contributed by atoms with Crippen molar-refractivity contribution in [2.75, 3.05) is 11.5 Å². The van der Waals surface area contributed by atoms with Gasteiger partial charge in [-0.1, -0.05) is 0 Å². The first-order valence-corrected chi connectivity index (χ1v) is 6.93. The van der Waals surface area contributed by atoms with Gasteiger partial charge < -0.3 is 10.4 Å². The lowest BCUT2D eigenvalue weighted by atomic mass is 9.80. The number of nitrogens with one attached hydrogen (secondary N) is 1. The lowest BCUT2D eigenvalue weighted by Gasteiger charge is -2.34. The predicted octanol–water partition coefficient (Wildman–Crippen LogP) is 1.11. The quantitative estimate of drug-likeness (QED) is 0.779. The molecule has 1 amide bonds. The number of rotatable bonds is 3. The lowest BCUT2D eigenvalue weighted by Crippen LogP contribution is -2.48. The van der Waals surface area contributed by atoms with Gasteiger partial charge in [-0.05, 0) is 37.2 Å². The van der Waals surface area contributed by atoms with Gasteiger partial charge in [0.1, 0.15) is 0 Å². The van der Waals surface area contributed by atoms with Gasteiger partial charge in [0.25, 0.3) is 0 Å². The summed E-state index contributed by atoms with van der Waals surface area (Å²) in [5, 5.41) is 11.7. The van der Waals surface area contributed by atoms with Crippen molar-refractivity contribution in [3.05, 3.63) is 0 Å². The lowest BCUT2D eigenvalue weighted by molar-refractivity contribution is -0.146. The second kappa shape index (κ2) is 5.08. The van der Waals surface area contributed by atoms with Crippen molar-refractivity contribution >= 4 is 23.6 Å². The van der Waals surface area contributed by atoms with E-state index in [0.717, 1.165) is 24.3 Å². The first-order valence-electron chi connectivity index (χ1n) is 5.77. The number of amides is 1. The predicted molar refractivity (Wildman–Crippen MR) is 62.3 cm³/mol. The molecule has 2 aliphatic rings. The minimum Gasteiger partial charge on any atom is -0.481 e. The van der Waals surface area contributed by atoms with Gasteiger partial charge in [-0.25, -0.2) is 0 Å². The van der Waals surface area contributed by atoms with Gasteiger partial charge in [0.2, 0.25) is 5.91 Å². The van der Waals surface area contributed by atoms with Crippen LogP contribution in [0.1, 0.15) is 25.7 Å². The third-order valence-electron chi connectivity index (χ3n) is 3.43. The summed E-state index contributed by atoms with van der Waals surface area (Å²) in [6, 6.07) is 0.100. The molecule has 1 aliphatic heterocycles. The van der Waals surface area contributed by atoms with Crippen molar-refractivity contribution < 1.29 is 14.7 Å². The fourth-order valence-corrected chi connectivity index (χ4v) is 3.32. The van der Waals surface area contributed by atoms with Crippen molar-refractivity contribution in [3.8, 4) is 0 Å². The molecule has 0 atom stereocenters. The Morgan fingerprint density at radius 2 is 1.75 bits per heavy atom. The SMILES string of the molecule is O=C(O)C1CC(NC(=O)C2CCSCC2)C1. The molecule has 1 aliphatic carbocycles. The summed E-state index contributed by atoms with van der Waals surface area (Å²) in [6.07, 6.45) is 3.13. The molecule has 2 rings (SSSR count). The molecule has 16 heavy (non-hydrogen) atoms. The Morgan fingerprint density at radius 1 is 1.12 bits per heavy atom. The highest BCUT2D eigenvalue weighted by molar-refractivity contribution is 7.99. The van der Waals surface area contributed by atoms with E-state index in [4.69, 9.17) is 5.11 Å². The first-order chi connectivity index (χ1) is 7.66. The molecule has 0 bridgehead atoms. The van der Waals surface area contributed by atoms with E-state index in [2.05, 4.69) is 5.32 Å². The zero-order valence-electron chi connectivity index (χ0n) is 9.15. The summed E-state index contributed by atoms with van der Waals surface area (Å²) in [5.74, 6) is 1.45. The van der Waals surface area contributed by atoms with Crippen LogP contribution in [0.5, 0.6) is 0 Å². The van der Waals surface area contributed by atoms with Crippen molar-refractivity contribution in [2.45, 2.75) is 31.7 Å². The van der Waals surface area contributed by atoms with Gasteiger partial charge in [-0.2, -0.15) is 11.8 Å². The molecule has 0 aromatic rings. The van der Waals surface area contributed by atoms with Gasteiger partial charge >= 0.3 is 5.97 Å². The van der Waals surface area contributed by atoms with E-state index in [9.17, 15) is 9.59 Å². The number of carboxylic acids is 1. The van der Waals surface area contributed by atoms with E-state index >= 15 is 0 Å². The van der Waals surface area contributed by atoms with E-state index in [0.29, 0.717) is 12.8 Å². The summed E-state index contributed by atoms with van der Waals surface area (Å²) in [7, 11) is 0. The maximum absolute atomic E-state index is 11.8. The fourth-order valence-electron chi connectivity index (χ4n) is 2.22. The molecule has 0 radical (unpaired) electrons. The van der Waals surface area contributed by atoms with Gasteiger partial charge in [0, 0.05) is 12.0 Å². The zero-order valence-corrected chi connectivity index (χ0v) is 9.96. The van der Waals surface area contributed by atoms with E-state index in [1.54, 1.807) is 0 Å². The summed E-state index contributed by atoms with van der Waals surface area (Å²) in [5.41, 5.74) is 0. The second-order valence-electron chi connectivity index (χ2n) is 4.60. The van der Waals surface area contributed by atoms with Crippen molar-refractivity contribution in [3.63, 3.8) is 0 Å². The standard InChI is InChI=1S/C11H17NO3S/c13-10(7-1-3-16-4-2-7)12-9-5-8(6-9)11(14)15/h7-9H,1-6H2,(H,12,13)(H,14,15). The van der Waals surface area contributed by atoms with Crippen LogP contribution in [0.3, 0.4) is 0 Å². The summed E-state index contributed by atoms with van der Waals surface area (Å²) in [6.45, 7) is 0. The summed E-state index contributed by atoms with van der Waals surface area (Å²) >= 11 is 1.90. The van der Waals surface area contributed by atoms with Gasteiger partial charge in [0.05, 0.1) is 5.92 Å². The number of carbonyl (C=O) groups excluding carboxylic acids is 1. The van der Waals surface area contributed by atoms with Gasteiger partial charge in [-0.3, -0.25) is 9.59 Å². The van der Waals surface area contributed by atoms with Crippen LogP contribution < -0.4 is 5.32 Å². The molecule has 2 N–H and O–H groups in total. The molecule has 4 nitrogen and oxygen atoms in total. The minimum atomic E-state index is -0.737. The molecular weight excluding hydrogens is 226 g/mol. The van der Waals surface area contributed by atoms with E-state index in [1.807, 2.05) is 11.8 Å². The highest BCUT2D eigenvalue weighted by Gasteiger charge is 2.36. The van der Waals surface area contributed by atoms with Crippen LogP contribution in [0, 0.1) is 11.8 Å². The van der Waals surface area contributed by atoms with Crippen LogP contribution in [0.4, 0.5) is 0 Å². The molecule has 1 heterocycles. The molecule has 1 saturated carbocycles. The van der Waals surface area contributed by atoms with Crippen LogP contribution in [0.2, 0.25) is 0 Å². The molecule has 0 aromatic carbocycles. The summed E-state index contributed by atoms with van der Waals surface area (Å²) < 4.78 is 0. The normalized spacial score (nSPS) is 30.5. The van der Waals surface area contributed by atoms with Gasteiger partial charge in [-0.15, -0.1) is 0 Å². The number of carbonyl (C=O) groups is 2. The number of hydrogen-bond acceptors (Lipinski definition) is 3. The smallest absolute Gasteiger partial charge is 0.306 e. The Labute approximate surface area is 99.2 Å². The molecule has 1 saturated heterocycles. The third kappa shape index (κ3) is 2.70. The van der Waals surface area contributed by atoms with Crippen LogP contribution in [0.15, 0.2) is 0 Å². The Hall–Kier alpha value is -0.710. The largest absolute Gasteiger partial charge is 0.481 e. The van der Waals surface area contributed by atoms with E-state index in [-0.39, 0.29) is 23.8 Å². The number of aliphatic carboxylic acids is 1. The van der Waals surface area contributed by atoms with Crippen LogP contribution in [-0.4, -0.2) is 34.5 Å². The Morgan fingerprint density at radius 3 is 2.31 bits per heavy atom.